The van der Waals surface area contributed by atoms with Gasteiger partial charge in [-0.25, -0.2) is 0 Å². The van der Waals surface area contributed by atoms with E-state index in [0.717, 1.165) is 37.7 Å². The van der Waals surface area contributed by atoms with Gasteiger partial charge >= 0.3 is 0 Å². The molecule has 1 aromatic rings. The Bertz CT molecular complexity index is 318. The molecule has 2 rings (SSSR count). The Morgan fingerprint density at radius 3 is 2.86 bits per heavy atom. The minimum absolute atomic E-state index is 0.527. The molecule has 4 heteroatoms. The number of fused-ring (bicyclic) bond motifs is 1. The molecule has 1 aliphatic heterocycles. The van der Waals surface area contributed by atoms with Crippen LogP contribution in [-0.4, -0.2) is 33.3 Å². The average Bonchev–Trinajstić information content (AvgIpc) is 2.59. The monoisotopic (exact) mass is 194 g/mol. The van der Waals surface area contributed by atoms with Crippen LogP contribution < -0.4 is 0 Å². The minimum atomic E-state index is 0.527. The fourth-order valence-electron chi connectivity index (χ4n) is 1.85. The summed E-state index contributed by atoms with van der Waals surface area (Å²) >= 11 is 0. The molecule has 1 unspecified atom stereocenters. The lowest BCUT2D eigenvalue weighted by molar-refractivity contribution is 0.261. The number of hydrogen-bond acceptors (Lipinski definition) is 3. The topological polar surface area (TPSA) is 34.0 Å². The number of rotatable bonds is 2. The van der Waals surface area contributed by atoms with Gasteiger partial charge in [0.05, 0.1) is 6.54 Å². The quantitative estimate of drug-likeness (QED) is 0.710. The molecule has 0 N–H and O–H groups in total. The summed E-state index contributed by atoms with van der Waals surface area (Å²) in [4.78, 5) is 2.28. The third-order valence-electron chi connectivity index (χ3n) is 3.03. The van der Waals surface area contributed by atoms with Crippen molar-refractivity contribution < 1.29 is 0 Å². The predicted octanol–water partition coefficient (Wildman–Crippen LogP) is 1.24. The molecular weight excluding hydrogens is 176 g/mol. The van der Waals surface area contributed by atoms with E-state index in [1.165, 1.54) is 0 Å². The van der Waals surface area contributed by atoms with Crippen molar-refractivity contribution in [1.29, 1.82) is 0 Å². The van der Waals surface area contributed by atoms with Gasteiger partial charge in [0, 0.05) is 19.0 Å². The molecule has 0 saturated heterocycles. The lowest BCUT2D eigenvalue weighted by Crippen LogP contribution is -2.31. The third-order valence-corrected chi connectivity index (χ3v) is 3.03. The highest BCUT2D eigenvalue weighted by Gasteiger charge is 2.20. The van der Waals surface area contributed by atoms with Crippen molar-refractivity contribution >= 4 is 0 Å². The van der Waals surface area contributed by atoms with E-state index in [4.69, 9.17) is 0 Å². The zero-order valence-corrected chi connectivity index (χ0v) is 9.19. The van der Waals surface area contributed by atoms with E-state index in [0.29, 0.717) is 5.92 Å². The maximum Gasteiger partial charge on any atom is 0.147 e. The Morgan fingerprint density at radius 2 is 2.14 bits per heavy atom. The molecule has 4 nitrogen and oxygen atoms in total. The molecular formula is C10H18N4. The smallest absolute Gasteiger partial charge is 0.147 e. The molecule has 78 valence electrons. The van der Waals surface area contributed by atoms with Crippen LogP contribution in [-0.2, 0) is 13.1 Å². The Hall–Kier alpha value is -0.900. The Morgan fingerprint density at radius 1 is 1.36 bits per heavy atom. The molecule has 14 heavy (non-hydrogen) atoms. The summed E-state index contributed by atoms with van der Waals surface area (Å²) in [7, 11) is 2.13. The van der Waals surface area contributed by atoms with Crippen LogP contribution in [0.25, 0.3) is 0 Å². The number of likely N-dealkylation sites (N-methyl/N-ethyl adjacent to an activating group) is 1. The van der Waals surface area contributed by atoms with Gasteiger partial charge in [0.15, 0.2) is 0 Å². The highest BCUT2D eigenvalue weighted by atomic mass is 15.3. The van der Waals surface area contributed by atoms with E-state index in [-0.39, 0.29) is 0 Å². The van der Waals surface area contributed by atoms with Gasteiger partial charge in [0.2, 0.25) is 0 Å². The standard InChI is InChI=1S/C10H18N4/c1-4-8(2)10-12-11-9-7-13(3)5-6-14(9)10/h8H,4-7H2,1-3H3. The van der Waals surface area contributed by atoms with Crippen LogP contribution in [0.5, 0.6) is 0 Å². The van der Waals surface area contributed by atoms with Crippen molar-refractivity contribution in [2.24, 2.45) is 0 Å². The zero-order chi connectivity index (χ0) is 10.1. The second-order valence-corrected chi connectivity index (χ2v) is 4.17. The fourth-order valence-corrected chi connectivity index (χ4v) is 1.85. The molecule has 0 radical (unpaired) electrons. The maximum absolute atomic E-state index is 4.29. The maximum atomic E-state index is 4.29. The van der Waals surface area contributed by atoms with Crippen molar-refractivity contribution in [3.8, 4) is 0 Å². The lowest BCUT2D eigenvalue weighted by Gasteiger charge is -2.24. The molecule has 0 aliphatic carbocycles. The van der Waals surface area contributed by atoms with Crippen LogP contribution >= 0.6 is 0 Å². The van der Waals surface area contributed by atoms with Crippen LogP contribution in [0, 0.1) is 0 Å². The summed E-state index contributed by atoms with van der Waals surface area (Å²) in [6.07, 6.45) is 1.13. The SMILES string of the molecule is CCC(C)c1nnc2n1CCN(C)C2. The normalized spacial score (nSPS) is 19.4. The van der Waals surface area contributed by atoms with Crippen LogP contribution in [0.4, 0.5) is 0 Å². The first-order chi connectivity index (χ1) is 6.72. The summed E-state index contributed by atoms with van der Waals surface area (Å²) in [6, 6.07) is 0. The van der Waals surface area contributed by atoms with Crippen molar-refractivity contribution in [3.05, 3.63) is 11.6 Å². The first kappa shape index (κ1) is 9.65. The van der Waals surface area contributed by atoms with Crippen LogP contribution in [0.2, 0.25) is 0 Å². The number of aromatic nitrogens is 3. The van der Waals surface area contributed by atoms with Crippen molar-refractivity contribution in [2.45, 2.75) is 39.3 Å². The van der Waals surface area contributed by atoms with Gasteiger partial charge in [0.1, 0.15) is 11.6 Å². The molecule has 0 saturated carbocycles. The Kier molecular flexibility index (Phi) is 2.54. The summed E-state index contributed by atoms with van der Waals surface area (Å²) in [6.45, 7) is 7.49. The van der Waals surface area contributed by atoms with Gasteiger partial charge in [0.25, 0.3) is 0 Å². The van der Waals surface area contributed by atoms with E-state index >= 15 is 0 Å². The molecule has 1 aromatic heterocycles. The molecule has 1 atom stereocenters. The number of hydrogen-bond donors (Lipinski definition) is 0. The summed E-state index contributed by atoms with van der Waals surface area (Å²) in [5, 5.41) is 8.54. The highest BCUT2D eigenvalue weighted by molar-refractivity contribution is 5.02. The summed E-state index contributed by atoms with van der Waals surface area (Å²) in [5.74, 6) is 2.81. The van der Waals surface area contributed by atoms with E-state index in [1.807, 2.05) is 0 Å². The predicted molar refractivity (Wildman–Crippen MR) is 55.1 cm³/mol. The first-order valence-electron chi connectivity index (χ1n) is 5.33. The van der Waals surface area contributed by atoms with Crippen molar-refractivity contribution in [2.75, 3.05) is 13.6 Å². The fraction of sp³-hybridized carbons (Fsp3) is 0.800. The average molecular weight is 194 g/mol. The third kappa shape index (κ3) is 1.54. The van der Waals surface area contributed by atoms with Gasteiger partial charge in [-0.15, -0.1) is 10.2 Å². The molecule has 0 bridgehead atoms. The van der Waals surface area contributed by atoms with Gasteiger partial charge in [-0.1, -0.05) is 13.8 Å². The Labute approximate surface area is 84.9 Å². The highest BCUT2D eigenvalue weighted by Crippen LogP contribution is 2.20. The van der Waals surface area contributed by atoms with Crippen molar-refractivity contribution in [1.82, 2.24) is 19.7 Å². The van der Waals surface area contributed by atoms with Crippen molar-refractivity contribution in [3.63, 3.8) is 0 Å². The van der Waals surface area contributed by atoms with E-state index in [9.17, 15) is 0 Å². The van der Waals surface area contributed by atoms with Crippen LogP contribution in [0.1, 0.15) is 37.8 Å². The number of nitrogens with zero attached hydrogens (tertiary/aromatic N) is 4. The minimum Gasteiger partial charge on any atom is -0.312 e. The largest absolute Gasteiger partial charge is 0.312 e. The Balaban J connectivity index is 2.28. The second-order valence-electron chi connectivity index (χ2n) is 4.17. The van der Waals surface area contributed by atoms with Gasteiger partial charge in [-0.2, -0.15) is 0 Å². The molecule has 0 amide bonds. The van der Waals surface area contributed by atoms with Gasteiger partial charge < -0.3 is 4.57 Å². The molecule has 1 aliphatic rings. The molecule has 0 spiro atoms. The van der Waals surface area contributed by atoms with E-state index in [2.05, 4.69) is 40.6 Å². The van der Waals surface area contributed by atoms with E-state index in [1.54, 1.807) is 0 Å². The van der Waals surface area contributed by atoms with Gasteiger partial charge in [-0.3, -0.25) is 4.90 Å². The molecule has 0 fully saturated rings. The first-order valence-corrected chi connectivity index (χ1v) is 5.33. The summed E-state index contributed by atoms with van der Waals surface area (Å²) < 4.78 is 2.29. The lowest BCUT2D eigenvalue weighted by atomic mass is 10.1. The molecule has 0 aromatic carbocycles. The van der Waals surface area contributed by atoms with Crippen LogP contribution in [0.3, 0.4) is 0 Å². The summed E-state index contributed by atoms with van der Waals surface area (Å²) in [5.41, 5.74) is 0. The molecule has 2 heterocycles. The van der Waals surface area contributed by atoms with Gasteiger partial charge in [-0.05, 0) is 13.5 Å². The van der Waals surface area contributed by atoms with E-state index < -0.39 is 0 Å². The second kappa shape index (κ2) is 3.69. The van der Waals surface area contributed by atoms with Crippen LogP contribution in [0.15, 0.2) is 0 Å². The zero-order valence-electron chi connectivity index (χ0n) is 9.19.